The van der Waals surface area contributed by atoms with E-state index in [1.54, 1.807) is 12.1 Å². The molecule has 1 saturated heterocycles. The molecule has 5 rings (SSSR count). The summed E-state index contributed by atoms with van der Waals surface area (Å²) in [7, 11) is -3.51. The van der Waals surface area contributed by atoms with Gasteiger partial charge in [-0.2, -0.15) is 5.10 Å². The third kappa shape index (κ3) is 5.26. The molecule has 9 heteroatoms. The zero-order valence-corrected chi connectivity index (χ0v) is 20.0. The standard InChI is InChI=1S/C25H31N5O3S/c31-34(32,20-11-13-33-14-12-20)21-15-23(26-19-9-5-2-6-10-19)27-24(16-21)28-25-17-22(29-30-25)18-7-3-1-4-8-18/h1,3-4,7-8,15-17,19-20H,2,5-6,9-14H2,(H3,26,27,28,29,30). The van der Waals surface area contributed by atoms with Crippen molar-refractivity contribution in [3.63, 3.8) is 0 Å². The van der Waals surface area contributed by atoms with Crippen LogP contribution < -0.4 is 10.6 Å². The Hall–Kier alpha value is -2.91. The van der Waals surface area contributed by atoms with Crippen LogP contribution in [0.2, 0.25) is 0 Å². The molecule has 34 heavy (non-hydrogen) atoms. The molecule has 0 amide bonds. The van der Waals surface area contributed by atoms with E-state index in [1.165, 1.54) is 19.3 Å². The molecule has 2 aliphatic rings. The summed E-state index contributed by atoms with van der Waals surface area (Å²) < 4.78 is 32.3. The highest BCUT2D eigenvalue weighted by atomic mass is 32.2. The lowest BCUT2D eigenvalue weighted by atomic mass is 9.95. The van der Waals surface area contributed by atoms with E-state index < -0.39 is 15.1 Å². The topological polar surface area (TPSA) is 109 Å². The van der Waals surface area contributed by atoms with Crippen LogP contribution in [0.4, 0.5) is 17.5 Å². The van der Waals surface area contributed by atoms with Crippen LogP contribution in [0.25, 0.3) is 11.3 Å². The van der Waals surface area contributed by atoms with Crippen molar-refractivity contribution in [2.45, 2.75) is 61.1 Å². The van der Waals surface area contributed by atoms with Crippen LogP contribution in [0.5, 0.6) is 0 Å². The lowest BCUT2D eigenvalue weighted by molar-refractivity contribution is 0.0983. The van der Waals surface area contributed by atoms with Gasteiger partial charge >= 0.3 is 0 Å². The Morgan fingerprint density at radius 3 is 2.38 bits per heavy atom. The van der Waals surface area contributed by atoms with Crippen molar-refractivity contribution in [1.82, 2.24) is 15.2 Å². The van der Waals surface area contributed by atoms with Gasteiger partial charge < -0.3 is 15.4 Å². The molecule has 3 heterocycles. The van der Waals surface area contributed by atoms with E-state index in [9.17, 15) is 8.42 Å². The largest absolute Gasteiger partial charge is 0.381 e. The molecule has 1 aromatic carbocycles. The first kappa shape index (κ1) is 22.9. The van der Waals surface area contributed by atoms with Gasteiger partial charge in [0.05, 0.1) is 15.8 Å². The van der Waals surface area contributed by atoms with Gasteiger partial charge in [-0.25, -0.2) is 13.4 Å². The number of aromatic nitrogens is 3. The molecule has 2 aromatic heterocycles. The molecular formula is C25H31N5O3S. The van der Waals surface area contributed by atoms with Gasteiger partial charge in [-0.3, -0.25) is 5.10 Å². The Morgan fingerprint density at radius 2 is 1.62 bits per heavy atom. The van der Waals surface area contributed by atoms with E-state index in [4.69, 9.17) is 9.72 Å². The van der Waals surface area contributed by atoms with Gasteiger partial charge in [-0.05, 0) is 43.4 Å². The number of nitrogens with one attached hydrogen (secondary N) is 3. The van der Waals surface area contributed by atoms with Gasteiger partial charge in [-0.1, -0.05) is 49.6 Å². The molecule has 1 aliphatic heterocycles. The second-order valence-corrected chi connectivity index (χ2v) is 11.3. The number of aromatic amines is 1. The predicted molar refractivity (Wildman–Crippen MR) is 133 cm³/mol. The normalized spacial score (nSPS) is 18.0. The van der Waals surface area contributed by atoms with Crippen LogP contribution in [-0.4, -0.2) is 48.1 Å². The lowest BCUT2D eigenvalue weighted by Gasteiger charge is -2.25. The van der Waals surface area contributed by atoms with E-state index >= 15 is 0 Å². The Balaban J connectivity index is 1.44. The molecule has 1 saturated carbocycles. The first-order valence-electron chi connectivity index (χ1n) is 12.1. The van der Waals surface area contributed by atoms with Crippen molar-refractivity contribution in [3.8, 4) is 11.3 Å². The summed E-state index contributed by atoms with van der Waals surface area (Å²) in [5, 5.41) is 13.6. The van der Waals surface area contributed by atoms with Crippen molar-refractivity contribution in [2.75, 3.05) is 23.8 Å². The number of hydrogen-bond donors (Lipinski definition) is 3. The highest BCUT2D eigenvalue weighted by Gasteiger charge is 2.30. The van der Waals surface area contributed by atoms with Crippen LogP contribution in [0.1, 0.15) is 44.9 Å². The van der Waals surface area contributed by atoms with E-state index in [-0.39, 0.29) is 4.90 Å². The maximum atomic E-state index is 13.5. The second-order valence-electron chi connectivity index (χ2n) is 9.07. The zero-order valence-electron chi connectivity index (χ0n) is 19.2. The maximum absolute atomic E-state index is 13.5. The van der Waals surface area contributed by atoms with Crippen LogP contribution in [0.15, 0.2) is 53.4 Å². The number of sulfone groups is 1. The third-order valence-corrected chi connectivity index (χ3v) is 8.85. The minimum Gasteiger partial charge on any atom is -0.381 e. The first-order chi connectivity index (χ1) is 16.6. The van der Waals surface area contributed by atoms with E-state index in [2.05, 4.69) is 20.8 Å². The number of benzene rings is 1. The summed E-state index contributed by atoms with van der Waals surface area (Å²) >= 11 is 0. The SMILES string of the molecule is O=S(=O)(c1cc(Nc2cc(-c3ccccc3)[nH]n2)nc(NC2CCCCC2)c1)C1CCOCC1. The van der Waals surface area contributed by atoms with Gasteiger partial charge in [0.15, 0.2) is 15.7 Å². The van der Waals surface area contributed by atoms with Crippen molar-refractivity contribution in [2.24, 2.45) is 0 Å². The van der Waals surface area contributed by atoms with Gasteiger partial charge in [0.25, 0.3) is 0 Å². The number of nitrogens with zero attached hydrogens (tertiary/aromatic N) is 2. The molecule has 0 atom stereocenters. The third-order valence-electron chi connectivity index (χ3n) is 6.61. The number of rotatable bonds is 7. The zero-order chi connectivity index (χ0) is 23.4. The minimum atomic E-state index is -3.51. The van der Waals surface area contributed by atoms with E-state index in [1.807, 2.05) is 36.4 Å². The van der Waals surface area contributed by atoms with Crippen molar-refractivity contribution >= 4 is 27.3 Å². The summed E-state index contributed by atoms with van der Waals surface area (Å²) in [5.74, 6) is 1.62. The summed E-state index contributed by atoms with van der Waals surface area (Å²) in [5.41, 5.74) is 1.89. The molecule has 0 radical (unpaired) electrons. The molecule has 1 aliphatic carbocycles. The van der Waals surface area contributed by atoms with Gasteiger partial charge in [0.1, 0.15) is 11.6 Å². The van der Waals surface area contributed by atoms with E-state index in [0.29, 0.717) is 49.6 Å². The van der Waals surface area contributed by atoms with Crippen molar-refractivity contribution in [1.29, 1.82) is 0 Å². The highest BCUT2D eigenvalue weighted by molar-refractivity contribution is 7.92. The molecule has 3 N–H and O–H groups in total. The summed E-state index contributed by atoms with van der Waals surface area (Å²) in [6.07, 6.45) is 6.77. The first-order valence-corrected chi connectivity index (χ1v) is 13.6. The fourth-order valence-corrected chi connectivity index (χ4v) is 6.47. The van der Waals surface area contributed by atoms with Crippen molar-refractivity contribution in [3.05, 3.63) is 48.5 Å². The number of ether oxygens (including phenoxy) is 1. The molecule has 3 aromatic rings. The summed E-state index contributed by atoms with van der Waals surface area (Å²) in [6.45, 7) is 0.950. The second kappa shape index (κ2) is 10.1. The average Bonchev–Trinajstić information content (AvgIpc) is 3.34. The fraction of sp³-hybridized carbons (Fsp3) is 0.440. The minimum absolute atomic E-state index is 0.286. The van der Waals surface area contributed by atoms with Crippen LogP contribution in [0.3, 0.4) is 0 Å². The molecule has 0 bridgehead atoms. The summed E-state index contributed by atoms with van der Waals surface area (Å²) in [6, 6.07) is 15.4. The smallest absolute Gasteiger partial charge is 0.181 e. The Kier molecular flexibility index (Phi) is 6.82. The van der Waals surface area contributed by atoms with E-state index in [0.717, 1.165) is 24.1 Å². The average molecular weight is 482 g/mol. The molecule has 180 valence electrons. The number of pyridine rings is 1. The van der Waals surface area contributed by atoms with Crippen LogP contribution >= 0.6 is 0 Å². The lowest BCUT2D eigenvalue weighted by Crippen LogP contribution is -2.29. The predicted octanol–water partition coefficient (Wildman–Crippen LogP) is 4.91. The molecule has 2 fully saturated rings. The Morgan fingerprint density at radius 1 is 0.882 bits per heavy atom. The van der Waals surface area contributed by atoms with Gasteiger partial charge in [0.2, 0.25) is 0 Å². The highest BCUT2D eigenvalue weighted by Crippen LogP contribution is 2.30. The summed E-state index contributed by atoms with van der Waals surface area (Å²) in [4.78, 5) is 4.98. The Bertz CT molecular complexity index is 1200. The maximum Gasteiger partial charge on any atom is 0.181 e. The molecule has 8 nitrogen and oxygen atoms in total. The molecule has 0 spiro atoms. The molecule has 0 unspecified atom stereocenters. The van der Waals surface area contributed by atoms with Crippen LogP contribution in [0, 0.1) is 0 Å². The van der Waals surface area contributed by atoms with Gasteiger partial charge in [-0.15, -0.1) is 0 Å². The van der Waals surface area contributed by atoms with Crippen LogP contribution in [-0.2, 0) is 14.6 Å². The quantitative estimate of drug-likeness (QED) is 0.440. The monoisotopic (exact) mass is 481 g/mol. The number of H-pyrrole nitrogens is 1. The Labute approximate surface area is 200 Å². The number of hydrogen-bond acceptors (Lipinski definition) is 7. The molecular weight excluding hydrogens is 450 g/mol. The van der Waals surface area contributed by atoms with Gasteiger partial charge in [0, 0.05) is 25.3 Å². The van der Waals surface area contributed by atoms with Crippen molar-refractivity contribution < 1.29 is 13.2 Å². The number of anilines is 3. The fourth-order valence-electron chi connectivity index (χ4n) is 4.73.